The third-order valence-corrected chi connectivity index (χ3v) is 9.60. The second-order valence-corrected chi connectivity index (χ2v) is 12.1. The summed E-state index contributed by atoms with van der Waals surface area (Å²) in [5.41, 5.74) is 0. The SMILES string of the molecule is CC(S(=O)(=O)O)S(=O)(=O)OCCCOS(=O)(=O)C(C)S(=O)(=O)O. The molecular weight excluding hydrogens is 404 g/mol. The Labute approximate surface area is 134 Å². The summed E-state index contributed by atoms with van der Waals surface area (Å²) in [4.78, 5) is 0. The Bertz CT molecular complexity index is 733. The second kappa shape index (κ2) is 7.68. The summed E-state index contributed by atoms with van der Waals surface area (Å²) in [5.74, 6) is 0. The minimum atomic E-state index is -4.89. The van der Waals surface area contributed by atoms with E-state index in [1.807, 2.05) is 0 Å². The zero-order valence-corrected chi connectivity index (χ0v) is 15.2. The van der Waals surface area contributed by atoms with Crippen LogP contribution >= 0.6 is 0 Å². The van der Waals surface area contributed by atoms with Gasteiger partial charge in [0.25, 0.3) is 40.5 Å². The fraction of sp³-hybridized carbons (Fsp3) is 1.00. The van der Waals surface area contributed by atoms with Crippen LogP contribution in [0, 0.1) is 0 Å². The Kier molecular flexibility index (Phi) is 7.56. The van der Waals surface area contributed by atoms with E-state index in [1.165, 1.54) is 0 Å². The molecule has 0 aliphatic rings. The van der Waals surface area contributed by atoms with E-state index < -0.39 is 62.9 Å². The van der Waals surface area contributed by atoms with E-state index in [2.05, 4.69) is 8.37 Å². The van der Waals surface area contributed by atoms with Crippen LogP contribution in [0.3, 0.4) is 0 Å². The lowest BCUT2D eigenvalue weighted by Crippen LogP contribution is -2.30. The summed E-state index contributed by atoms with van der Waals surface area (Å²) >= 11 is 0. The molecule has 0 fully saturated rings. The van der Waals surface area contributed by atoms with E-state index in [0.29, 0.717) is 13.8 Å². The maximum atomic E-state index is 11.3. The van der Waals surface area contributed by atoms with Crippen molar-refractivity contribution in [2.75, 3.05) is 13.2 Å². The van der Waals surface area contributed by atoms with Gasteiger partial charge in [0.1, 0.15) is 0 Å². The summed E-state index contributed by atoms with van der Waals surface area (Å²) in [6.07, 6.45) is -0.366. The van der Waals surface area contributed by atoms with Crippen molar-refractivity contribution in [2.24, 2.45) is 0 Å². The smallest absolute Gasteiger partial charge is 0.284 e. The van der Waals surface area contributed by atoms with Crippen LogP contribution in [0.15, 0.2) is 0 Å². The third-order valence-electron chi connectivity index (χ3n) is 2.44. The predicted octanol–water partition coefficient (Wildman–Crippen LogP) is -1.46. The highest BCUT2D eigenvalue weighted by Gasteiger charge is 2.34. The maximum Gasteiger partial charge on any atom is 0.287 e. The first-order chi connectivity index (χ1) is 10.0. The Morgan fingerprint density at radius 3 is 1.17 bits per heavy atom. The van der Waals surface area contributed by atoms with E-state index in [4.69, 9.17) is 9.11 Å². The van der Waals surface area contributed by atoms with Crippen molar-refractivity contribution < 1.29 is 51.1 Å². The van der Waals surface area contributed by atoms with Gasteiger partial charge in [0, 0.05) is 0 Å². The average molecular weight is 420 g/mol. The summed E-state index contributed by atoms with van der Waals surface area (Å²) in [6, 6.07) is 0. The molecule has 0 saturated heterocycles. The Hall–Kier alpha value is -0.360. The van der Waals surface area contributed by atoms with E-state index in [9.17, 15) is 33.7 Å². The van der Waals surface area contributed by atoms with E-state index in [1.54, 1.807) is 0 Å². The van der Waals surface area contributed by atoms with Crippen LogP contribution in [0.2, 0.25) is 0 Å². The van der Waals surface area contributed by atoms with E-state index >= 15 is 0 Å². The number of hydrogen-bond donors (Lipinski definition) is 2. The zero-order chi connectivity index (χ0) is 18.7. The highest BCUT2D eigenvalue weighted by atomic mass is 32.3. The first-order valence-corrected chi connectivity index (χ1v) is 11.7. The molecule has 2 unspecified atom stereocenters. The molecule has 2 atom stereocenters. The van der Waals surface area contributed by atoms with Gasteiger partial charge in [0.05, 0.1) is 13.2 Å². The Morgan fingerprint density at radius 1 is 0.696 bits per heavy atom. The van der Waals surface area contributed by atoms with Crippen molar-refractivity contribution in [3.8, 4) is 0 Å². The molecule has 2 N–H and O–H groups in total. The van der Waals surface area contributed by atoms with Gasteiger partial charge in [0.2, 0.25) is 9.16 Å². The summed E-state index contributed by atoms with van der Waals surface area (Å²) in [6.45, 7) is -0.0330. The molecule has 16 heteroatoms. The summed E-state index contributed by atoms with van der Waals surface area (Å²) < 4.78 is 109. The van der Waals surface area contributed by atoms with Gasteiger partial charge in [-0.15, -0.1) is 0 Å². The molecule has 0 radical (unpaired) electrons. The van der Waals surface area contributed by atoms with Gasteiger partial charge in [-0.05, 0) is 20.3 Å². The van der Waals surface area contributed by atoms with Crippen LogP contribution in [0.1, 0.15) is 20.3 Å². The minimum Gasteiger partial charge on any atom is -0.284 e. The van der Waals surface area contributed by atoms with Crippen LogP contribution in [-0.2, 0) is 48.8 Å². The molecule has 0 heterocycles. The molecule has 23 heavy (non-hydrogen) atoms. The molecule has 0 amide bonds. The lowest BCUT2D eigenvalue weighted by atomic mass is 10.5. The normalized spacial score (nSPS) is 16.9. The van der Waals surface area contributed by atoms with Gasteiger partial charge in [-0.2, -0.15) is 33.7 Å². The molecule has 0 spiro atoms. The van der Waals surface area contributed by atoms with Gasteiger partial charge in [0.15, 0.2) is 0 Å². The molecule has 12 nitrogen and oxygen atoms in total. The average Bonchev–Trinajstić information content (AvgIpc) is 2.34. The maximum absolute atomic E-state index is 11.3. The van der Waals surface area contributed by atoms with Crippen molar-refractivity contribution >= 4 is 40.5 Å². The topological polar surface area (TPSA) is 195 Å². The van der Waals surface area contributed by atoms with Crippen LogP contribution in [0.4, 0.5) is 0 Å². The fourth-order valence-electron chi connectivity index (χ4n) is 0.899. The quantitative estimate of drug-likeness (QED) is 0.237. The van der Waals surface area contributed by atoms with Gasteiger partial charge in [-0.3, -0.25) is 17.5 Å². The molecule has 0 aromatic rings. The number of hydrogen-bond acceptors (Lipinski definition) is 10. The highest BCUT2D eigenvalue weighted by Crippen LogP contribution is 2.12. The van der Waals surface area contributed by atoms with Gasteiger partial charge in [-0.1, -0.05) is 0 Å². The van der Waals surface area contributed by atoms with Crippen molar-refractivity contribution in [1.29, 1.82) is 0 Å². The lowest BCUT2D eigenvalue weighted by Gasteiger charge is -2.11. The molecule has 0 bridgehead atoms. The van der Waals surface area contributed by atoms with Crippen LogP contribution < -0.4 is 0 Å². The minimum absolute atomic E-state index is 0.366. The third kappa shape index (κ3) is 7.38. The van der Waals surface area contributed by atoms with Crippen LogP contribution in [0.25, 0.3) is 0 Å². The molecule has 0 aromatic carbocycles. The molecule has 0 saturated carbocycles. The van der Waals surface area contributed by atoms with E-state index in [-0.39, 0.29) is 6.42 Å². The van der Waals surface area contributed by atoms with Crippen LogP contribution in [0.5, 0.6) is 0 Å². The van der Waals surface area contributed by atoms with Crippen molar-refractivity contribution in [1.82, 2.24) is 0 Å². The fourth-order valence-corrected chi connectivity index (χ4v) is 4.70. The standard InChI is InChI=1S/C7H16O12S4/c1-6(20(8,9)10)22(14,15)18-4-3-5-19-23(16,17)7(2)21(11,12)13/h6-7H,3-5H2,1-2H3,(H,8,9,10)(H,11,12,13). The van der Waals surface area contributed by atoms with Gasteiger partial charge < -0.3 is 0 Å². The monoisotopic (exact) mass is 420 g/mol. The van der Waals surface area contributed by atoms with Gasteiger partial charge >= 0.3 is 0 Å². The largest absolute Gasteiger partial charge is 0.287 e. The molecule has 0 aliphatic carbocycles. The van der Waals surface area contributed by atoms with Crippen LogP contribution in [-0.4, -0.2) is 65.2 Å². The Morgan fingerprint density at radius 2 is 0.957 bits per heavy atom. The van der Waals surface area contributed by atoms with Crippen molar-refractivity contribution in [3.63, 3.8) is 0 Å². The first kappa shape index (κ1) is 22.6. The summed E-state index contributed by atoms with van der Waals surface area (Å²) in [5, 5.41) is 0. The Balaban J connectivity index is 4.51. The predicted molar refractivity (Wildman–Crippen MR) is 76.4 cm³/mol. The van der Waals surface area contributed by atoms with Crippen molar-refractivity contribution in [3.05, 3.63) is 0 Å². The zero-order valence-electron chi connectivity index (χ0n) is 11.9. The van der Waals surface area contributed by atoms with Crippen molar-refractivity contribution in [2.45, 2.75) is 29.4 Å². The van der Waals surface area contributed by atoms with E-state index in [0.717, 1.165) is 0 Å². The molecule has 0 rings (SSSR count). The molecular formula is C7H16O12S4. The number of rotatable bonds is 10. The molecule has 0 aromatic heterocycles. The molecule has 0 aliphatic heterocycles. The molecule has 140 valence electrons. The first-order valence-electron chi connectivity index (χ1n) is 5.71. The lowest BCUT2D eigenvalue weighted by molar-refractivity contribution is 0.253. The summed E-state index contributed by atoms with van der Waals surface area (Å²) in [7, 11) is -19.1. The van der Waals surface area contributed by atoms with Gasteiger partial charge in [-0.25, -0.2) is 0 Å². The highest BCUT2D eigenvalue weighted by molar-refractivity contribution is 8.04. The second-order valence-electron chi connectivity index (χ2n) is 4.15.